The van der Waals surface area contributed by atoms with Gasteiger partial charge in [-0.1, -0.05) is 24.3 Å². The molecule has 0 fully saturated rings. The molecule has 30 heavy (non-hydrogen) atoms. The number of carbonyl (C=O) groups excluding carboxylic acids is 1. The molecule has 0 spiro atoms. The van der Waals surface area contributed by atoms with Crippen LogP contribution in [0, 0.1) is 20.8 Å². The molecule has 0 unspecified atom stereocenters. The first kappa shape index (κ1) is 21.3. The monoisotopic (exact) mass is 425 g/mol. The van der Waals surface area contributed by atoms with Gasteiger partial charge in [-0.15, -0.1) is 0 Å². The third-order valence-corrected chi connectivity index (χ3v) is 5.96. The van der Waals surface area contributed by atoms with Crippen LogP contribution in [0.15, 0.2) is 69.2 Å². The fourth-order valence-corrected chi connectivity index (χ4v) is 4.07. The molecule has 8 heteroatoms. The highest BCUT2D eigenvalue weighted by Crippen LogP contribution is 2.18. The normalized spacial score (nSPS) is 11.9. The first-order chi connectivity index (χ1) is 14.2. The number of hydrogen-bond acceptors (Lipinski definition) is 5. The fourth-order valence-electron chi connectivity index (χ4n) is 2.88. The SMILES string of the molecule is CC(=NNS(=O)(=O)c1cc(C)ccc1C)c1cccc(NC(=O)c2ccoc2C)c1. The van der Waals surface area contributed by atoms with Crippen LogP contribution >= 0.6 is 0 Å². The second-order valence-electron chi connectivity index (χ2n) is 6.99. The summed E-state index contributed by atoms with van der Waals surface area (Å²) in [5.41, 5.74) is 3.62. The van der Waals surface area contributed by atoms with Gasteiger partial charge in [-0.25, -0.2) is 0 Å². The lowest BCUT2D eigenvalue weighted by Crippen LogP contribution is -2.21. The number of nitrogens with zero attached hydrogens (tertiary/aromatic N) is 1. The number of furan rings is 1. The van der Waals surface area contributed by atoms with Gasteiger partial charge in [-0.3, -0.25) is 4.79 Å². The van der Waals surface area contributed by atoms with Crippen LogP contribution in [0.1, 0.15) is 39.7 Å². The Balaban J connectivity index is 1.78. The molecule has 1 heterocycles. The van der Waals surface area contributed by atoms with E-state index in [0.29, 0.717) is 33.8 Å². The van der Waals surface area contributed by atoms with E-state index in [1.54, 1.807) is 63.2 Å². The van der Waals surface area contributed by atoms with Crippen molar-refractivity contribution in [2.75, 3.05) is 5.32 Å². The Morgan fingerprint density at radius 3 is 2.50 bits per heavy atom. The number of nitrogens with one attached hydrogen (secondary N) is 2. The smallest absolute Gasteiger partial charge is 0.276 e. The van der Waals surface area contributed by atoms with E-state index in [1.165, 1.54) is 6.26 Å². The minimum Gasteiger partial charge on any atom is -0.469 e. The van der Waals surface area contributed by atoms with Crippen molar-refractivity contribution in [2.24, 2.45) is 5.10 Å². The number of carbonyl (C=O) groups is 1. The first-order valence-electron chi connectivity index (χ1n) is 9.26. The van der Waals surface area contributed by atoms with Gasteiger partial charge >= 0.3 is 0 Å². The third-order valence-electron chi connectivity index (χ3n) is 4.61. The molecule has 0 aliphatic carbocycles. The zero-order chi connectivity index (χ0) is 21.9. The Morgan fingerprint density at radius 1 is 1.03 bits per heavy atom. The van der Waals surface area contributed by atoms with Crippen molar-refractivity contribution in [3.63, 3.8) is 0 Å². The van der Waals surface area contributed by atoms with E-state index in [9.17, 15) is 13.2 Å². The van der Waals surface area contributed by atoms with Gasteiger partial charge in [0.15, 0.2) is 0 Å². The quantitative estimate of drug-likeness (QED) is 0.457. The fraction of sp³-hybridized carbons (Fsp3) is 0.182. The highest BCUT2D eigenvalue weighted by molar-refractivity contribution is 7.89. The van der Waals surface area contributed by atoms with Crippen molar-refractivity contribution < 1.29 is 17.6 Å². The van der Waals surface area contributed by atoms with Crippen molar-refractivity contribution in [3.8, 4) is 0 Å². The van der Waals surface area contributed by atoms with E-state index >= 15 is 0 Å². The molecular weight excluding hydrogens is 402 g/mol. The van der Waals surface area contributed by atoms with Crippen molar-refractivity contribution >= 4 is 27.3 Å². The van der Waals surface area contributed by atoms with Crippen LogP contribution < -0.4 is 10.1 Å². The molecule has 0 atom stereocenters. The molecule has 2 aromatic carbocycles. The maximum Gasteiger partial charge on any atom is 0.276 e. The Bertz CT molecular complexity index is 1230. The summed E-state index contributed by atoms with van der Waals surface area (Å²) in [6.45, 7) is 6.97. The van der Waals surface area contributed by atoms with Crippen LogP contribution in [-0.2, 0) is 10.0 Å². The number of amides is 1. The topological polar surface area (TPSA) is 101 Å². The van der Waals surface area contributed by atoms with Gasteiger partial charge in [0.05, 0.1) is 22.4 Å². The largest absolute Gasteiger partial charge is 0.469 e. The Hall–Kier alpha value is -3.39. The molecule has 156 valence electrons. The van der Waals surface area contributed by atoms with E-state index in [2.05, 4.69) is 15.2 Å². The Morgan fingerprint density at radius 2 is 1.80 bits per heavy atom. The Kier molecular flexibility index (Phi) is 6.07. The molecular formula is C22H23N3O4S. The summed E-state index contributed by atoms with van der Waals surface area (Å²) in [7, 11) is -3.80. The Labute approximate surface area is 175 Å². The van der Waals surface area contributed by atoms with Gasteiger partial charge in [0, 0.05) is 5.69 Å². The summed E-state index contributed by atoms with van der Waals surface area (Å²) in [4.78, 5) is 14.8. The van der Waals surface area contributed by atoms with Gasteiger partial charge in [0.25, 0.3) is 15.9 Å². The molecule has 3 rings (SSSR count). The molecule has 0 radical (unpaired) electrons. The number of sulfonamides is 1. The summed E-state index contributed by atoms with van der Waals surface area (Å²) in [5, 5.41) is 6.85. The lowest BCUT2D eigenvalue weighted by molar-refractivity contribution is 0.102. The lowest BCUT2D eigenvalue weighted by atomic mass is 10.1. The van der Waals surface area contributed by atoms with Crippen LogP contribution in [-0.4, -0.2) is 20.0 Å². The van der Waals surface area contributed by atoms with Gasteiger partial charge < -0.3 is 9.73 Å². The minimum absolute atomic E-state index is 0.190. The number of hydrazone groups is 1. The molecule has 0 aliphatic heterocycles. The summed E-state index contributed by atoms with van der Waals surface area (Å²) < 4.78 is 30.4. The standard InChI is InChI=1S/C22H23N3O4S/c1-14-8-9-15(2)21(12-14)30(27,28)25-24-16(3)18-6-5-7-19(13-18)23-22(26)20-10-11-29-17(20)4/h5-13,25H,1-4H3,(H,23,26). The van der Waals surface area contributed by atoms with E-state index in [0.717, 1.165) is 5.56 Å². The van der Waals surface area contributed by atoms with Crippen LogP contribution in [0.2, 0.25) is 0 Å². The average Bonchev–Trinajstić information content (AvgIpc) is 3.14. The molecule has 3 aromatic rings. The number of aryl methyl sites for hydroxylation is 3. The molecule has 2 N–H and O–H groups in total. The zero-order valence-corrected chi connectivity index (χ0v) is 18.0. The third kappa shape index (κ3) is 4.77. The number of hydrogen-bond donors (Lipinski definition) is 2. The molecule has 0 saturated heterocycles. The van der Waals surface area contributed by atoms with Crippen LogP contribution in [0.25, 0.3) is 0 Å². The van der Waals surface area contributed by atoms with Crippen molar-refractivity contribution in [1.82, 2.24) is 4.83 Å². The van der Waals surface area contributed by atoms with Gasteiger partial charge in [0.1, 0.15) is 5.76 Å². The zero-order valence-electron chi connectivity index (χ0n) is 17.2. The van der Waals surface area contributed by atoms with Crippen LogP contribution in [0.4, 0.5) is 5.69 Å². The second kappa shape index (κ2) is 8.54. The highest BCUT2D eigenvalue weighted by Gasteiger charge is 2.16. The molecule has 1 aromatic heterocycles. The van der Waals surface area contributed by atoms with Gasteiger partial charge in [-0.2, -0.15) is 18.4 Å². The lowest BCUT2D eigenvalue weighted by Gasteiger charge is -2.10. The van der Waals surface area contributed by atoms with Crippen LogP contribution in [0.5, 0.6) is 0 Å². The van der Waals surface area contributed by atoms with Crippen molar-refractivity contribution in [3.05, 3.63) is 82.8 Å². The summed E-state index contributed by atoms with van der Waals surface area (Å²) >= 11 is 0. The molecule has 7 nitrogen and oxygen atoms in total. The molecule has 0 bridgehead atoms. The average molecular weight is 426 g/mol. The van der Waals surface area contributed by atoms with E-state index in [4.69, 9.17) is 4.42 Å². The van der Waals surface area contributed by atoms with E-state index < -0.39 is 10.0 Å². The highest BCUT2D eigenvalue weighted by atomic mass is 32.2. The summed E-state index contributed by atoms with van der Waals surface area (Å²) in [5.74, 6) is 0.242. The van der Waals surface area contributed by atoms with E-state index in [-0.39, 0.29) is 10.8 Å². The first-order valence-corrected chi connectivity index (χ1v) is 10.7. The van der Waals surface area contributed by atoms with E-state index in [1.807, 2.05) is 13.0 Å². The van der Waals surface area contributed by atoms with Crippen LogP contribution in [0.3, 0.4) is 0 Å². The maximum atomic E-state index is 12.6. The van der Waals surface area contributed by atoms with Crippen molar-refractivity contribution in [2.45, 2.75) is 32.6 Å². The second-order valence-corrected chi connectivity index (χ2v) is 8.62. The van der Waals surface area contributed by atoms with Gasteiger partial charge in [-0.05, 0) is 68.7 Å². The number of benzene rings is 2. The molecule has 0 aliphatic rings. The molecule has 1 amide bonds. The van der Waals surface area contributed by atoms with Gasteiger partial charge in [0.2, 0.25) is 0 Å². The number of anilines is 1. The number of rotatable bonds is 6. The predicted molar refractivity (Wildman–Crippen MR) is 116 cm³/mol. The minimum atomic E-state index is -3.80. The predicted octanol–water partition coefficient (Wildman–Crippen LogP) is 4.16. The molecule has 0 saturated carbocycles. The van der Waals surface area contributed by atoms with Crippen molar-refractivity contribution in [1.29, 1.82) is 0 Å². The summed E-state index contributed by atoms with van der Waals surface area (Å²) in [6.07, 6.45) is 1.46. The summed E-state index contributed by atoms with van der Waals surface area (Å²) in [6, 6.07) is 13.8. The maximum absolute atomic E-state index is 12.6.